The lowest BCUT2D eigenvalue weighted by Gasteiger charge is -2.34. The molecule has 1 aliphatic rings. The lowest BCUT2D eigenvalue weighted by atomic mass is 10.1. The van der Waals surface area contributed by atoms with Crippen LogP contribution in [0.2, 0.25) is 0 Å². The van der Waals surface area contributed by atoms with Crippen molar-refractivity contribution in [1.82, 2.24) is 19.6 Å². The smallest absolute Gasteiger partial charge is 0.257 e. The van der Waals surface area contributed by atoms with Crippen LogP contribution in [0.3, 0.4) is 0 Å². The van der Waals surface area contributed by atoms with E-state index in [0.717, 1.165) is 17.1 Å². The SMILES string of the molecule is CC(=O)N1CCN(C(=O)c2c(C)nn(-c3ccccc3)c2C)CC1. The van der Waals surface area contributed by atoms with E-state index in [4.69, 9.17) is 0 Å². The molecule has 6 nitrogen and oxygen atoms in total. The van der Waals surface area contributed by atoms with Crippen molar-refractivity contribution in [3.8, 4) is 5.69 Å². The molecule has 1 saturated heterocycles. The third-order valence-electron chi connectivity index (χ3n) is 4.52. The molecule has 0 radical (unpaired) electrons. The molecular weight excluding hydrogens is 304 g/mol. The number of para-hydroxylation sites is 1. The summed E-state index contributed by atoms with van der Waals surface area (Å²) in [5, 5.41) is 4.54. The van der Waals surface area contributed by atoms with Crippen LogP contribution >= 0.6 is 0 Å². The second-order valence-electron chi connectivity index (χ2n) is 6.09. The quantitative estimate of drug-likeness (QED) is 0.845. The average Bonchev–Trinajstić information content (AvgIpc) is 2.89. The van der Waals surface area contributed by atoms with Crippen LogP contribution in [0.1, 0.15) is 28.7 Å². The monoisotopic (exact) mass is 326 g/mol. The summed E-state index contributed by atoms with van der Waals surface area (Å²) in [6, 6.07) is 9.80. The number of aryl methyl sites for hydroxylation is 1. The maximum Gasteiger partial charge on any atom is 0.257 e. The van der Waals surface area contributed by atoms with Crippen LogP contribution in [0.15, 0.2) is 30.3 Å². The van der Waals surface area contributed by atoms with Crippen molar-refractivity contribution in [2.75, 3.05) is 26.2 Å². The van der Waals surface area contributed by atoms with Gasteiger partial charge in [0, 0.05) is 33.1 Å². The maximum absolute atomic E-state index is 12.9. The molecule has 0 saturated carbocycles. The number of carbonyl (C=O) groups is 2. The van der Waals surface area contributed by atoms with Crippen molar-refractivity contribution in [3.05, 3.63) is 47.3 Å². The van der Waals surface area contributed by atoms with E-state index in [1.54, 1.807) is 11.8 Å². The summed E-state index contributed by atoms with van der Waals surface area (Å²) < 4.78 is 1.81. The topological polar surface area (TPSA) is 58.4 Å². The molecule has 0 spiro atoms. The van der Waals surface area contributed by atoms with Crippen molar-refractivity contribution in [1.29, 1.82) is 0 Å². The zero-order chi connectivity index (χ0) is 17.3. The van der Waals surface area contributed by atoms with Gasteiger partial charge in [0.15, 0.2) is 0 Å². The van der Waals surface area contributed by atoms with Crippen molar-refractivity contribution < 1.29 is 9.59 Å². The first kappa shape index (κ1) is 16.2. The van der Waals surface area contributed by atoms with Gasteiger partial charge in [-0.15, -0.1) is 0 Å². The van der Waals surface area contributed by atoms with Gasteiger partial charge in [-0.3, -0.25) is 9.59 Å². The van der Waals surface area contributed by atoms with Crippen molar-refractivity contribution in [2.24, 2.45) is 0 Å². The van der Waals surface area contributed by atoms with Gasteiger partial charge in [-0.2, -0.15) is 5.10 Å². The molecule has 0 unspecified atom stereocenters. The summed E-state index contributed by atoms with van der Waals surface area (Å²) >= 11 is 0. The van der Waals surface area contributed by atoms with Gasteiger partial charge in [-0.25, -0.2) is 4.68 Å². The van der Waals surface area contributed by atoms with Gasteiger partial charge in [0.1, 0.15) is 0 Å². The Kier molecular flexibility index (Phi) is 4.38. The molecule has 2 amide bonds. The minimum Gasteiger partial charge on any atom is -0.339 e. The summed E-state index contributed by atoms with van der Waals surface area (Å²) in [6.07, 6.45) is 0. The Morgan fingerprint density at radius 2 is 1.54 bits per heavy atom. The summed E-state index contributed by atoms with van der Waals surface area (Å²) in [5.74, 6) is 0.0572. The molecule has 126 valence electrons. The van der Waals surface area contributed by atoms with E-state index in [1.807, 2.05) is 53.8 Å². The van der Waals surface area contributed by atoms with Gasteiger partial charge in [-0.05, 0) is 26.0 Å². The van der Waals surface area contributed by atoms with E-state index in [9.17, 15) is 9.59 Å². The predicted molar refractivity (Wildman–Crippen MR) is 91.2 cm³/mol. The molecule has 24 heavy (non-hydrogen) atoms. The molecule has 1 aliphatic heterocycles. The first-order valence-corrected chi connectivity index (χ1v) is 8.15. The number of piperazine rings is 1. The van der Waals surface area contributed by atoms with Gasteiger partial charge in [-0.1, -0.05) is 18.2 Å². The summed E-state index contributed by atoms with van der Waals surface area (Å²) in [4.78, 5) is 27.9. The Morgan fingerprint density at radius 1 is 0.958 bits per heavy atom. The molecule has 0 atom stereocenters. The van der Waals surface area contributed by atoms with Gasteiger partial charge in [0.25, 0.3) is 5.91 Å². The fraction of sp³-hybridized carbons (Fsp3) is 0.389. The normalized spacial score (nSPS) is 14.8. The van der Waals surface area contributed by atoms with Gasteiger partial charge in [0.05, 0.1) is 22.6 Å². The molecule has 1 aromatic carbocycles. The highest BCUT2D eigenvalue weighted by Gasteiger charge is 2.27. The average molecular weight is 326 g/mol. The van der Waals surface area contributed by atoms with Crippen LogP contribution in [0.5, 0.6) is 0 Å². The van der Waals surface area contributed by atoms with Crippen LogP contribution in [0.4, 0.5) is 0 Å². The molecule has 2 heterocycles. The van der Waals surface area contributed by atoms with Gasteiger partial charge >= 0.3 is 0 Å². The van der Waals surface area contributed by atoms with Crippen molar-refractivity contribution in [2.45, 2.75) is 20.8 Å². The summed E-state index contributed by atoms with van der Waals surface area (Å²) in [6.45, 7) is 7.66. The zero-order valence-corrected chi connectivity index (χ0v) is 14.3. The van der Waals surface area contributed by atoms with Crippen LogP contribution in [0, 0.1) is 13.8 Å². The van der Waals surface area contributed by atoms with E-state index in [1.165, 1.54) is 0 Å². The van der Waals surface area contributed by atoms with Crippen LogP contribution in [-0.4, -0.2) is 57.6 Å². The Bertz CT molecular complexity index is 759. The number of benzene rings is 1. The lowest BCUT2D eigenvalue weighted by Crippen LogP contribution is -2.50. The summed E-state index contributed by atoms with van der Waals surface area (Å²) in [7, 11) is 0. The molecule has 0 bridgehead atoms. The Hall–Kier alpha value is -2.63. The molecule has 6 heteroatoms. The van der Waals surface area contributed by atoms with Crippen LogP contribution in [-0.2, 0) is 4.79 Å². The minimum absolute atomic E-state index is 0.00427. The largest absolute Gasteiger partial charge is 0.339 e. The predicted octanol–water partition coefficient (Wildman–Crippen LogP) is 1.79. The maximum atomic E-state index is 12.9. The molecule has 1 aromatic heterocycles. The van der Waals surface area contributed by atoms with Crippen molar-refractivity contribution >= 4 is 11.8 Å². The van der Waals surface area contributed by atoms with E-state index >= 15 is 0 Å². The highest BCUT2D eigenvalue weighted by molar-refractivity contribution is 5.96. The third kappa shape index (κ3) is 2.91. The van der Waals surface area contributed by atoms with E-state index in [0.29, 0.717) is 31.7 Å². The Morgan fingerprint density at radius 3 is 2.12 bits per heavy atom. The minimum atomic E-state index is -0.00427. The fourth-order valence-corrected chi connectivity index (χ4v) is 3.16. The first-order chi connectivity index (χ1) is 11.5. The molecular formula is C18H22N4O2. The molecule has 1 fully saturated rings. The molecule has 2 aromatic rings. The second kappa shape index (κ2) is 6.47. The molecule has 0 aliphatic carbocycles. The highest BCUT2D eigenvalue weighted by atomic mass is 16.2. The Balaban J connectivity index is 1.84. The first-order valence-electron chi connectivity index (χ1n) is 8.15. The number of hydrogen-bond donors (Lipinski definition) is 0. The Labute approximate surface area is 141 Å². The number of hydrogen-bond acceptors (Lipinski definition) is 3. The number of nitrogens with zero attached hydrogens (tertiary/aromatic N) is 4. The molecule has 3 rings (SSSR count). The zero-order valence-electron chi connectivity index (χ0n) is 14.3. The third-order valence-corrected chi connectivity index (χ3v) is 4.52. The second-order valence-corrected chi connectivity index (χ2v) is 6.09. The number of amides is 2. The van der Waals surface area contributed by atoms with E-state index in [-0.39, 0.29) is 11.8 Å². The van der Waals surface area contributed by atoms with E-state index < -0.39 is 0 Å². The van der Waals surface area contributed by atoms with Crippen LogP contribution in [0.25, 0.3) is 5.69 Å². The lowest BCUT2D eigenvalue weighted by molar-refractivity contribution is -0.130. The standard InChI is InChI=1S/C18H22N4O2/c1-13-17(14(2)22(19-13)16-7-5-4-6-8-16)18(24)21-11-9-20(10-12-21)15(3)23/h4-8H,9-12H2,1-3H3. The summed E-state index contributed by atoms with van der Waals surface area (Å²) in [5.41, 5.74) is 3.18. The van der Waals surface area contributed by atoms with E-state index in [2.05, 4.69) is 5.10 Å². The molecule has 0 N–H and O–H groups in total. The fourth-order valence-electron chi connectivity index (χ4n) is 3.16. The van der Waals surface area contributed by atoms with Gasteiger partial charge < -0.3 is 9.80 Å². The number of rotatable bonds is 2. The van der Waals surface area contributed by atoms with Crippen LogP contribution < -0.4 is 0 Å². The van der Waals surface area contributed by atoms with Gasteiger partial charge in [0.2, 0.25) is 5.91 Å². The number of aromatic nitrogens is 2. The van der Waals surface area contributed by atoms with Crippen molar-refractivity contribution in [3.63, 3.8) is 0 Å². The number of carbonyl (C=O) groups excluding carboxylic acids is 2. The highest BCUT2D eigenvalue weighted by Crippen LogP contribution is 2.20.